The van der Waals surface area contributed by atoms with Crippen LogP contribution in [0, 0.1) is 0 Å². The van der Waals surface area contributed by atoms with E-state index in [9.17, 15) is 4.39 Å². The molecular formula is C16H24FNO. The van der Waals surface area contributed by atoms with Gasteiger partial charge in [0.05, 0.1) is 13.3 Å². The van der Waals surface area contributed by atoms with Crippen LogP contribution in [0.25, 0.3) is 6.08 Å². The quantitative estimate of drug-likeness (QED) is 0.673. The number of benzene rings is 1. The molecule has 0 saturated heterocycles. The number of alkyl halides is 1. The van der Waals surface area contributed by atoms with Crippen LogP contribution in [0.15, 0.2) is 30.3 Å². The molecule has 0 spiro atoms. The molecule has 106 valence electrons. The Bertz CT molecular complexity index is 358. The summed E-state index contributed by atoms with van der Waals surface area (Å²) in [6, 6.07) is 8.47. The second kappa shape index (κ2) is 9.70. The number of nitrogens with one attached hydrogen (secondary N) is 1. The van der Waals surface area contributed by atoms with E-state index in [1.165, 1.54) is 5.56 Å². The van der Waals surface area contributed by atoms with E-state index in [-0.39, 0.29) is 19.3 Å². The van der Waals surface area contributed by atoms with Gasteiger partial charge in [0.1, 0.15) is 0 Å². The number of halogens is 1. The van der Waals surface area contributed by atoms with Crippen LogP contribution in [0.1, 0.15) is 30.4 Å². The standard InChI is InChI=1S/C16H24FNO/c1-18-16(13-19)7-4-6-15-10-8-14(9-11-15)5-2-3-12-17/h4,6,8-11,16,18-19H,2-3,5,7,12-13H2,1H3/b6-4+/t16-/m0/s1. The Morgan fingerprint density at radius 1 is 1.26 bits per heavy atom. The maximum absolute atomic E-state index is 12.0. The van der Waals surface area contributed by atoms with Crippen molar-refractivity contribution in [2.45, 2.75) is 31.7 Å². The molecule has 1 aromatic carbocycles. The number of unbranched alkanes of at least 4 members (excludes halogenated alkanes) is 1. The maximum Gasteiger partial charge on any atom is 0.0894 e. The van der Waals surface area contributed by atoms with Crippen molar-refractivity contribution in [1.82, 2.24) is 5.32 Å². The van der Waals surface area contributed by atoms with Crippen LogP contribution >= 0.6 is 0 Å². The van der Waals surface area contributed by atoms with Gasteiger partial charge in [-0.25, -0.2) is 0 Å². The second-order valence-electron chi connectivity index (χ2n) is 4.69. The van der Waals surface area contributed by atoms with E-state index in [4.69, 9.17) is 5.11 Å². The van der Waals surface area contributed by atoms with Crippen molar-refractivity contribution in [3.8, 4) is 0 Å². The summed E-state index contributed by atoms with van der Waals surface area (Å²) in [5.74, 6) is 0. The Labute approximate surface area is 115 Å². The summed E-state index contributed by atoms with van der Waals surface area (Å²) in [5, 5.41) is 12.1. The van der Waals surface area contributed by atoms with Gasteiger partial charge in [0.25, 0.3) is 0 Å². The Hall–Kier alpha value is -1.19. The highest BCUT2D eigenvalue weighted by molar-refractivity contribution is 5.49. The molecule has 1 atom stereocenters. The van der Waals surface area contributed by atoms with E-state index in [1.54, 1.807) is 0 Å². The molecule has 1 rings (SSSR count). The first-order valence-corrected chi connectivity index (χ1v) is 6.89. The van der Waals surface area contributed by atoms with Crippen LogP contribution < -0.4 is 5.32 Å². The highest BCUT2D eigenvalue weighted by Gasteiger charge is 1.99. The van der Waals surface area contributed by atoms with Crippen molar-refractivity contribution in [1.29, 1.82) is 0 Å². The lowest BCUT2D eigenvalue weighted by molar-refractivity contribution is 0.250. The summed E-state index contributed by atoms with van der Waals surface area (Å²) in [6.07, 6.45) is 7.44. The molecule has 0 saturated carbocycles. The third-order valence-electron chi connectivity index (χ3n) is 3.19. The molecule has 0 aliphatic rings. The zero-order valence-electron chi connectivity index (χ0n) is 11.6. The molecule has 3 heteroatoms. The molecule has 0 aromatic heterocycles. The molecule has 0 unspecified atom stereocenters. The summed E-state index contributed by atoms with van der Waals surface area (Å²) >= 11 is 0. The number of aliphatic hydroxyl groups excluding tert-OH is 1. The smallest absolute Gasteiger partial charge is 0.0894 e. The molecule has 19 heavy (non-hydrogen) atoms. The molecule has 0 aliphatic heterocycles. The zero-order chi connectivity index (χ0) is 13.9. The van der Waals surface area contributed by atoms with Crippen molar-refractivity contribution in [3.63, 3.8) is 0 Å². The molecule has 2 nitrogen and oxygen atoms in total. The number of rotatable bonds is 9. The van der Waals surface area contributed by atoms with Crippen molar-refractivity contribution in [2.75, 3.05) is 20.3 Å². The van der Waals surface area contributed by atoms with Gasteiger partial charge in [-0.15, -0.1) is 0 Å². The van der Waals surface area contributed by atoms with Crippen LogP contribution in [0.3, 0.4) is 0 Å². The van der Waals surface area contributed by atoms with Gasteiger partial charge in [0.2, 0.25) is 0 Å². The molecule has 2 N–H and O–H groups in total. The molecule has 0 amide bonds. The third-order valence-corrected chi connectivity index (χ3v) is 3.19. The SMILES string of the molecule is CN[C@H](CO)C/C=C/c1ccc(CCCCF)cc1. The fourth-order valence-corrected chi connectivity index (χ4v) is 1.87. The maximum atomic E-state index is 12.0. The summed E-state index contributed by atoms with van der Waals surface area (Å²) in [4.78, 5) is 0. The van der Waals surface area contributed by atoms with E-state index in [0.717, 1.165) is 24.8 Å². The second-order valence-corrected chi connectivity index (χ2v) is 4.69. The largest absolute Gasteiger partial charge is 0.395 e. The van der Waals surface area contributed by atoms with Gasteiger partial charge in [-0.1, -0.05) is 36.4 Å². The third kappa shape index (κ3) is 6.50. The summed E-state index contributed by atoms with van der Waals surface area (Å²) in [5.41, 5.74) is 2.41. The van der Waals surface area contributed by atoms with Gasteiger partial charge >= 0.3 is 0 Å². The van der Waals surface area contributed by atoms with Crippen molar-refractivity contribution in [2.24, 2.45) is 0 Å². The summed E-state index contributed by atoms with van der Waals surface area (Å²) in [6.45, 7) is -0.0767. The van der Waals surface area contributed by atoms with Crippen LogP contribution in [0.5, 0.6) is 0 Å². The van der Waals surface area contributed by atoms with E-state index >= 15 is 0 Å². The molecule has 0 fully saturated rings. The lowest BCUT2D eigenvalue weighted by Crippen LogP contribution is -2.27. The molecule has 0 radical (unpaired) electrons. The zero-order valence-corrected chi connectivity index (χ0v) is 11.6. The number of aryl methyl sites for hydroxylation is 1. The topological polar surface area (TPSA) is 32.3 Å². The Balaban J connectivity index is 2.41. The highest BCUT2D eigenvalue weighted by Crippen LogP contribution is 2.10. The van der Waals surface area contributed by atoms with Crippen LogP contribution in [-0.2, 0) is 6.42 Å². The number of aliphatic hydroxyl groups is 1. The fraction of sp³-hybridized carbons (Fsp3) is 0.500. The van der Waals surface area contributed by atoms with Crippen LogP contribution in [0.2, 0.25) is 0 Å². The Morgan fingerprint density at radius 2 is 2.00 bits per heavy atom. The lowest BCUT2D eigenvalue weighted by atomic mass is 10.1. The fourth-order valence-electron chi connectivity index (χ4n) is 1.87. The molecule has 0 heterocycles. The van der Waals surface area contributed by atoms with Gasteiger partial charge < -0.3 is 10.4 Å². The predicted octanol–water partition coefficient (Wildman–Crippen LogP) is 2.96. The highest BCUT2D eigenvalue weighted by atomic mass is 19.1. The van der Waals surface area contributed by atoms with Crippen molar-refractivity contribution < 1.29 is 9.50 Å². The van der Waals surface area contributed by atoms with Crippen LogP contribution in [0.4, 0.5) is 4.39 Å². The number of hydrogen-bond donors (Lipinski definition) is 2. The average molecular weight is 265 g/mol. The van der Waals surface area contributed by atoms with E-state index < -0.39 is 0 Å². The monoisotopic (exact) mass is 265 g/mol. The molecule has 0 aliphatic carbocycles. The first kappa shape index (κ1) is 15.9. The van der Waals surface area contributed by atoms with Gasteiger partial charge in [-0.3, -0.25) is 4.39 Å². The molecular weight excluding hydrogens is 241 g/mol. The minimum absolute atomic E-state index is 0.122. The van der Waals surface area contributed by atoms with Crippen LogP contribution in [-0.4, -0.2) is 31.5 Å². The lowest BCUT2D eigenvalue weighted by Gasteiger charge is -2.09. The minimum atomic E-state index is -0.224. The van der Waals surface area contributed by atoms with Crippen molar-refractivity contribution in [3.05, 3.63) is 41.5 Å². The number of hydrogen-bond acceptors (Lipinski definition) is 2. The Morgan fingerprint density at radius 3 is 2.58 bits per heavy atom. The summed E-state index contributed by atoms with van der Waals surface area (Å²) in [7, 11) is 1.85. The van der Waals surface area contributed by atoms with Gasteiger partial charge in [-0.2, -0.15) is 0 Å². The van der Waals surface area contributed by atoms with Crippen molar-refractivity contribution >= 4 is 6.08 Å². The van der Waals surface area contributed by atoms with Gasteiger partial charge in [0.15, 0.2) is 0 Å². The average Bonchev–Trinajstić information content (AvgIpc) is 2.45. The summed E-state index contributed by atoms with van der Waals surface area (Å²) < 4.78 is 12.0. The Kier molecular flexibility index (Phi) is 8.10. The van der Waals surface area contributed by atoms with E-state index in [2.05, 4.69) is 41.7 Å². The van der Waals surface area contributed by atoms with Gasteiger partial charge in [0, 0.05) is 6.04 Å². The normalized spacial score (nSPS) is 13.0. The molecule has 0 bridgehead atoms. The first-order chi connectivity index (χ1) is 9.30. The van der Waals surface area contributed by atoms with E-state index in [0.29, 0.717) is 6.42 Å². The van der Waals surface area contributed by atoms with E-state index in [1.807, 2.05) is 7.05 Å². The molecule has 1 aromatic rings. The first-order valence-electron chi connectivity index (χ1n) is 6.89. The predicted molar refractivity (Wildman–Crippen MR) is 78.9 cm³/mol. The van der Waals surface area contributed by atoms with Gasteiger partial charge in [-0.05, 0) is 43.9 Å². The number of likely N-dealkylation sites (N-methyl/N-ethyl adjacent to an activating group) is 1. The minimum Gasteiger partial charge on any atom is -0.395 e.